The molecule has 2 aliphatic rings. The molecular formula is C22H32Br2N8O4. The Hall–Kier alpha value is -2.10. The fourth-order valence-corrected chi connectivity index (χ4v) is 4.29. The first-order valence-electron chi connectivity index (χ1n) is 11.7. The van der Waals surface area contributed by atoms with E-state index in [2.05, 4.69) is 62.3 Å². The molecular weight excluding hydrogens is 600 g/mol. The summed E-state index contributed by atoms with van der Waals surface area (Å²) in [5, 5.41) is 17.2. The van der Waals surface area contributed by atoms with E-state index in [4.69, 9.17) is 15.2 Å². The summed E-state index contributed by atoms with van der Waals surface area (Å²) >= 11 is 6.51. The normalized spacial score (nSPS) is 16.6. The summed E-state index contributed by atoms with van der Waals surface area (Å²) in [6.45, 7) is 10.2. The number of morpholine rings is 2. The van der Waals surface area contributed by atoms with Crippen LogP contribution in [0.1, 0.15) is 0 Å². The molecule has 0 spiro atoms. The number of rotatable bonds is 9. The van der Waals surface area contributed by atoms with Gasteiger partial charge in [-0.15, -0.1) is 0 Å². The van der Waals surface area contributed by atoms with Gasteiger partial charge in [-0.05, 0) is 37.9 Å². The first-order valence-corrected chi connectivity index (χ1v) is 13.3. The molecule has 0 radical (unpaired) electrons. The molecule has 12 nitrogen and oxygen atoms in total. The standard InChI is InChI=1S/C11H15BrN4O3.C11H17BrN4O/c12-9-7-10(16(17)18)11(14-8-9)13-1-2-15-3-5-19-6-4-15;12-9-7-10(13)11(15-8-9)14-1-2-16-3-5-17-6-4-16/h7-8H,1-6H2,(H,13,14);7-8H,1-6,13H2,(H,14,15). The molecule has 0 amide bonds. The number of nitrogens with zero attached hydrogens (tertiary/aromatic N) is 5. The largest absolute Gasteiger partial charge is 0.396 e. The highest BCUT2D eigenvalue weighted by Crippen LogP contribution is 2.25. The van der Waals surface area contributed by atoms with Crippen molar-refractivity contribution >= 4 is 54.9 Å². The van der Waals surface area contributed by atoms with Gasteiger partial charge >= 0.3 is 5.69 Å². The minimum atomic E-state index is -0.436. The molecule has 2 aromatic heterocycles. The molecule has 2 fully saturated rings. The highest BCUT2D eigenvalue weighted by Gasteiger charge is 2.16. The van der Waals surface area contributed by atoms with Crippen molar-refractivity contribution in [2.24, 2.45) is 0 Å². The van der Waals surface area contributed by atoms with Crippen LogP contribution in [0.4, 0.5) is 23.0 Å². The molecule has 4 heterocycles. The van der Waals surface area contributed by atoms with Crippen LogP contribution >= 0.6 is 31.9 Å². The van der Waals surface area contributed by atoms with E-state index in [1.807, 2.05) is 6.07 Å². The fraction of sp³-hybridized carbons (Fsp3) is 0.545. The third kappa shape index (κ3) is 9.75. The van der Waals surface area contributed by atoms with Gasteiger partial charge in [0.05, 0.1) is 37.0 Å². The van der Waals surface area contributed by atoms with Crippen LogP contribution in [0.25, 0.3) is 0 Å². The molecule has 0 aromatic carbocycles. The maximum Gasteiger partial charge on any atom is 0.312 e. The van der Waals surface area contributed by atoms with Crippen molar-refractivity contribution in [3.05, 3.63) is 43.6 Å². The number of nitrogens with one attached hydrogen (secondary N) is 2. The highest BCUT2D eigenvalue weighted by molar-refractivity contribution is 9.10. The van der Waals surface area contributed by atoms with Gasteiger partial charge in [0.15, 0.2) is 0 Å². The second-order valence-electron chi connectivity index (χ2n) is 8.13. The second kappa shape index (κ2) is 15.2. The Morgan fingerprint density at radius 3 is 1.86 bits per heavy atom. The summed E-state index contributed by atoms with van der Waals surface area (Å²) in [6.07, 6.45) is 3.29. The van der Waals surface area contributed by atoms with E-state index in [1.54, 1.807) is 12.4 Å². The molecule has 2 aromatic rings. The average molecular weight is 632 g/mol. The first-order chi connectivity index (χ1) is 17.4. The van der Waals surface area contributed by atoms with E-state index in [-0.39, 0.29) is 5.69 Å². The van der Waals surface area contributed by atoms with Crippen molar-refractivity contribution in [2.75, 3.05) is 95.2 Å². The Morgan fingerprint density at radius 2 is 1.36 bits per heavy atom. The molecule has 0 saturated carbocycles. The van der Waals surface area contributed by atoms with Crippen LogP contribution in [-0.2, 0) is 9.47 Å². The lowest BCUT2D eigenvalue weighted by atomic mass is 10.3. The van der Waals surface area contributed by atoms with E-state index >= 15 is 0 Å². The number of hydrogen-bond acceptors (Lipinski definition) is 11. The number of halogens is 2. The summed E-state index contributed by atoms with van der Waals surface area (Å²) in [5.74, 6) is 1.06. The van der Waals surface area contributed by atoms with E-state index in [0.29, 0.717) is 22.5 Å². The van der Waals surface area contributed by atoms with Crippen LogP contribution in [-0.4, -0.2) is 103 Å². The van der Waals surface area contributed by atoms with Crippen LogP contribution in [0.3, 0.4) is 0 Å². The fourth-order valence-electron chi connectivity index (χ4n) is 3.62. The van der Waals surface area contributed by atoms with E-state index in [9.17, 15) is 10.1 Å². The number of pyridine rings is 2. The highest BCUT2D eigenvalue weighted by atomic mass is 79.9. The molecule has 0 atom stereocenters. The van der Waals surface area contributed by atoms with Crippen LogP contribution in [0.2, 0.25) is 0 Å². The van der Waals surface area contributed by atoms with Crippen molar-refractivity contribution in [1.82, 2.24) is 19.8 Å². The predicted octanol–water partition coefficient (Wildman–Crippen LogP) is 2.67. The van der Waals surface area contributed by atoms with Gasteiger partial charge in [-0.1, -0.05) is 0 Å². The van der Waals surface area contributed by atoms with Gasteiger partial charge in [-0.25, -0.2) is 9.97 Å². The molecule has 0 bridgehead atoms. The summed E-state index contributed by atoms with van der Waals surface area (Å²) in [4.78, 5) is 23.4. The van der Waals surface area contributed by atoms with E-state index < -0.39 is 4.92 Å². The maximum absolute atomic E-state index is 10.9. The summed E-state index contributed by atoms with van der Waals surface area (Å²) in [6, 6.07) is 3.30. The lowest BCUT2D eigenvalue weighted by Gasteiger charge is -2.26. The van der Waals surface area contributed by atoms with E-state index in [1.165, 1.54) is 6.07 Å². The van der Waals surface area contributed by atoms with Gasteiger partial charge in [-0.3, -0.25) is 19.9 Å². The number of hydrogen-bond donors (Lipinski definition) is 3. The van der Waals surface area contributed by atoms with Gasteiger partial charge < -0.3 is 25.8 Å². The number of nitrogens with two attached hydrogens (primary N) is 1. The summed E-state index contributed by atoms with van der Waals surface area (Å²) < 4.78 is 12.0. The quantitative estimate of drug-likeness (QED) is 0.277. The molecule has 4 rings (SSSR count). The lowest BCUT2D eigenvalue weighted by molar-refractivity contribution is -0.384. The van der Waals surface area contributed by atoms with Crippen molar-refractivity contribution in [1.29, 1.82) is 0 Å². The van der Waals surface area contributed by atoms with Crippen LogP contribution < -0.4 is 16.4 Å². The van der Waals surface area contributed by atoms with Crippen molar-refractivity contribution in [2.45, 2.75) is 0 Å². The smallest absolute Gasteiger partial charge is 0.312 e. The Balaban J connectivity index is 0.000000202. The molecule has 0 aliphatic carbocycles. The Labute approximate surface area is 227 Å². The zero-order valence-corrected chi connectivity index (χ0v) is 23.2. The van der Waals surface area contributed by atoms with Gasteiger partial charge in [0.2, 0.25) is 5.82 Å². The summed E-state index contributed by atoms with van der Waals surface area (Å²) in [5.41, 5.74) is 6.50. The zero-order valence-electron chi connectivity index (χ0n) is 20.0. The number of anilines is 3. The SMILES string of the molecule is Nc1cc(Br)cnc1NCCN1CCOCC1.O=[N+]([O-])c1cc(Br)cnc1NCCN1CCOCC1. The monoisotopic (exact) mass is 630 g/mol. The van der Waals surface area contributed by atoms with Crippen molar-refractivity contribution in [3.8, 4) is 0 Å². The van der Waals surface area contributed by atoms with Crippen LogP contribution in [0.5, 0.6) is 0 Å². The Bertz CT molecular complexity index is 975. The van der Waals surface area contributed by atoms with E-state index in [0.717, 1.165) is 82.5 Å². The average Bonchev–Trinajstić information content (AvgIpc) is 2.88. The molecule has 198 valence electrons. The molecule has 0 unspecified atom stereocenters. The number of aromatic nitrogens is 2. The molecule has 14 heteroatoms. The zero-order chi connectivity index (χ0) is 25.8. The first kappa shape index (κ1) is 28.5. The van der Waals surface area contributed by atoms with Gasteiger partial charge in [0.25, 0.3) is 0 Å². The third-order valence-corrected chi connectivity index (χ3v) is 6.43. The van der Waals surface area contributed by atoms with Gasteiger partial charge in [0.1, 0.15) is 5.82 Å². The molecule has 2 aliphatic heterocycles. The van der Waals surface area contributed by atoms with Crippen LogP contribution in [0.15, 0.2) is 33.5 Å². The van der Waals surface area contributed by atoms with Crippen molar-refractivity contribution < 1.29 is 14.4 Å². The number of nitro groups is 1. The molecule has 2 saturated heterocycles. The minimum absolute atomic E-state index is 0.0173. The molecule has 36 heavy (non-hydrogen) atoms. The third-order valence-electron chi connectivity index (χ3n) is 5.56. The number of ether oxygens (including phenoxy) is 2. The Morgan fingerprint density at radius 1 is 0.889 bits per heavy atom. The summed E-state index contributed by atoms with van der Waals surface area (Å²) in [7, 11) is 0. The predicted molar refractivity (Wildman–Crippen MR) is 146 cm³/mol. The van der Waals surface area contributed by atoms with Gasteiger partial charge in [-0.2, -0.15) is 0 Å². The maximum atomic E-state index is 10.9. The minimum Gasteiger partial charge on any atom is -0.396 e. The lowest BCUT2D eigenvalue weighted by Crippen LogP contribution is -2.39. The molecule has 4 N–H and O–H groups in total. The van der Waals surface area contributed by atoms with Crippen LogP contribution in [0, 0.1) is 10.1 Å². The number of nitrogen functional groups attached to an aromatic ring is 1. The Kier molecular flexibility index (Phi) is 12.0. The van der Waals surface area contributed by atoms with Gasteiger partial charge in [0, 0.05) is 79.8 Å². The topological polar surface area (TPSA) is 144 Å². The second-order valence-corrected chi connectivity index (χ2v) is 9.96. The van der Waals surface area contributed by atoms with Crippen molar-refractivity contribution in [3.63, 3.8) is 0 Å².